The van der Waals surface area contributed by atoms with Crippen LogP contribution in [0.1, 0.15) is 0 Å². The van der Waals surface area contributed by atoms with Crippen LogP contribution in [0.3, 0.4) is 0 Å². The lowest BCUT2D eigenvalue weighted by Gasteiger charge is -2.27. The Kier molecular flexibility index (Phi) is 5.75. The summed E-state index contributed by atoms with van der Waals surface area (Å²) in [6, 6.07) is 0. The lowest BCUT2D eigenvalue weighted by Crippen LogP contribution is -2.54. The van der Waals surface area contributed by atoms with E-state index in [1.54, 1.807) is 5.32 Å². The highest BCUT2D eigenvalue weighted by molar-refractivity contribution is 14.1. The second-order valence-electron chi connectivity index (χ2n) is 4.36. The first-order valence-corrected chi connectivity index (χ1v) is 7.04. The molecule has 1 rings (SSSR count). The summed E-state index contributed by atoms with van der Waals surface area (Å²) in [6.07, 6.45) is 1.82. The van der Waals surface area contributed by atoms with Crippen molar-refractivity contribution in [2.75, 3.05) is 6.54 Å². The normalized spacial score (nSPS) is 12.1. The molecular formula is C9H10BF4IN4O3. The molecule has 0 bridgehead atoms. The number of hydrogen-bond acceptors (Lipinski definition) is 4. The lowest BCUT2D eigenvalue weighted by molar-refractivity contribution is -0.392. The monoisotopic (exact) mass is 436 g/mol. The van der Waals surface area contributed by atoms with Crippen molar-refractivity contribution < 1.29 is 27.3 Å². The van der Waals surface area contributed by atoms with Gasteiger partial charge in [0.15, 0.2) is 12.9 Å². The third kappa shape index (κ3) is 4.07. The Morgan fingerprint density at radius 2 is 2.14 bits per heavy atom. The average Bonchev–Trinajstić information content (AvgIpc) is 2.84. The third-order valence-electron chi connectivity index (χ3n) is 2.69. The predicted octanol–water partition coefficient (Wildman–Crippen LogP) is 1.77. The summed E-state index contributed by atoms with van der Waals surface area (Å²) in [5, 5.41) is 12.2. The van der Waals surface area contributed by atoms with Gasteiger partial charge in [-0.05, 0) is 4.92 Å². The second kappa shape index (κ2) is 6.79. The molecule has 0 radical (unpaired) electrons. The highest BCUT2D eigenvalue weighted by Crippen LogP contribution is 2.37. The van der Waals surface area contributed by atoms with Crippen molar-refractivity contribution in [3.63, 3.8) is 0 Å². The summed E-state index contributed by atoms with van der Waals surface area (Å²) in [4.78, 5) is 24.7. The van der Waals surface area contributed by atoms with Gasteiger partial charge in [0.05, 0.1) is 6.54 Å². The molecule has 1 N–H and O–H groups in total. The number of alkyl halides is 4. The Hall–Kier alpha value is -1.41. The molecule has 0 aliphatic rings. The van der Waals surface area contributed by atoms with E-state index >= 15 is 0 Å². The standard InChI is InChI=1S/C9H10BF4IN4O3/c1-10(15)9(13,14)8(11,12)4-17-6(20)3-18-5-16-2-7(18)19(21)22/h2,5H,3-4H2,1H3,(H,17,20). The van der Waals surface area contributed by atoms with Gasteiger partial charge in [-0.1, -0.05) is 6.82 Å². The number of amides is 1. The number of hydrogen-bond donors (Lipinski definition) is 1. The van der Waals surface area contributed by atoms with Gasteiger partial charge in [-0.3, -0.25) is 4.79 Å². The van der Waals surface area contributed by atoms with E-state index in [0.717, 1.165) is 23.9 Å². The SMILES string of the molecule is CB(I)C(F)(F)C(F)(F)CNC(=O)Cn1cncc1[N+](=O)[O-]. The molecule has 13 heteroatoms. The van der Waals surface area contributed by atoms with Crippen LogP contribution in [0.25, 0.3) is 0 Å². The average molecular weight is 436 g/mol. The Balaban J connectivity index is 2.67. The summed E-state index contributed by atoms with van der Waals surface area (Å²) >= 11 is 1.17. The maximum absolute atomic E-state index is 13.4. The van der Waals surface area contributed by atoms with Crippen molar-refractivity contribution >= 4 is 38.7 Å². The van der Waals surface area contributed by atoms with Crippen LogP contribution in [0, 0.1) is 10.1 Å². The van der Waals surface area contributed by atoms with Gasteiger partial charge in [-0.15, -0.1) is 22.4 Å². The maximum atomic E-state index is 13.4. The number of carbonyl (C=O) groups is 1. The number of imidazole rings is 1. The zero-order valence-electron chi connectivity index (χ0n) is 11.1. The largest absolute Gasteiger partial charge is 0.358 e. The molecule has 1 aromatic heterocycles. The molecule has 0 saturated heterocycles. The van der Waals surface area contributed by atoms with Crippen molar-refractivity contribution in [2.45, 2.75) is 25.1 Å². The van der Waals surface area contributed by atoms with Crippen molar-refractivity contribution in [3.8, 4) is 0 Å². The van der Waals surface area contributed by atoms with E-state index in [-0.39, 0.29) is 0 Å². The van der Waals surface area contributed by atoms with Crippen molar-refractivity contribution in [1.29, 1.82) is 0 Å². The number of nitrogens with zero attached hydrogens (tertiary/aromatic N) is 3. The van der Waals surface area contributed by atoms with Gasteiger partial charge in [-0.25, -0.2) is 18.3 Å². The van der Waals surface area contributed by atoms with E-state index in [9.17, 15) is 32.5 Å². The molecular weight excluding hydrogens is 426 g/mol. The summed E-state index contributed by atoms with van der Waals surface area (Å²) < 4.78 is 52.6. The summed E-state index contributed by atoms with van der Waals surface area (Å²) in [5.41, 5.74) is 0. The van der Waals surface area contributed by atoms with E-state index in [1.807, 2.05) is 0 Å². The number of aromatic nitrogens is 2. The van der Waals surface area contributed by atoms with Crippen molar-refractivity contribution in [3.05, 3.63) is 22.6 Å². The quantitative estimate of drug-likeness (QED) is 0.232. The minimum Gasteiger partial charge on any atom is -0.358 e. The summed E-state index contributed by atoms with van der Waals surface area (Å²) in [5.74, 6) is -10.3. The molecule has 0 atom stereocenters. The van der Waals surface area contributed by atoms with Gasteiger partial charge in [0.1, 0.15) is 6.20 Å². The van der Waals surface area contributed by atoms with E-state index in [0.29, 0.717) is 0 Å². The first kappa shape index (κ1) is 18.6. The van der Waals surface area contributed by atoms with Gasteiger partial charge in [-0.2, -0.15) is 8.78 Å². The molecule has 22 heavy (non-hydrogen) atoms. The van der Waals surface area contributed by atoms with Crippen LogP contribution < -0.4 is 5.32 Å². The van der Waals surface area contributed by atoms with E-state index in [2.05, 4.69) is 4.98 Å². The van der Waals surface area contributed by atoms with Crippen LogP contribution in [-0.4, -0.2) is 43.2 Å². The molecule has 0 aliphatic carbocycles. The number of halogens is 5. The Morgan fingerprint density at radius 3 is 2.64 bits per heavy atom. The number of carbonyl (C=O) groups excluding carboxylic acids is 1. The highest BCUT2D eigenvalue weighted by atomic mass is 127. The highest BCUT2D eigenvalue weighted by Gasteiger charge is 2.59. The number of nitrogens with one attached hydrogen (secondary N) is 1. The summed E-state index contributed by atoms with van der Waals surface area (Å²) in [7, 11) is 0. The molecule has 0 aliphatic heterocycles. The number of nitro groups is 1. The van der Waals surface area contributed by atoms with Crippen molar-refractivity contribution in [1.82, 2.24) is 14.9 Å². The van der Waals surface area contributed by atoms with Gasteiger partial charge in [0.25, 0.3) is 11.7 Å². The fourth-order valence-corrected chi connectivity index (χ4v) is 1.87. The minimum absolute atomic E-state index is 0.520. The van der Waals surface area contributed by atoms with Crippen LogP contribution in [-0.2, 0) is 11.3 Å². The smallest absolute Gasteiger partial charge is 0.343 e. The molecule has 1 amide bonds. The topological polar surface area (TPSA) is 90.1 Å². The fourth-order valence-electron chi connectivity index (χ4n) is 1.42. The van der Waals surface area contributed by atoms with E-state index in [4.69, 9.17) is 0 Å². The Bertz CT molecular complexity index is 569. The fraction of sp³-hybridized carbons (Fsp3) is 0.556. The number of rotatable bonds is 7. The predicted molar refractivity (Wildman–Crippen MR) is 77.4 cm³/mol. The Labute approximate surface area is 135 Å². The molecule has 0 aromatic carbocycles. The van der Waals surface area contributed by atoms with Gasteiger partial charge >= 0.3 is 16.3 Å². The first-order valence-electron chi connectivity index (χ1n) is 5.80. The molecule has 1 heterocycles. The zero-order valence-corrected chi connectivity index (χ0v) is 13.3. The van der Waals surface area contributed by atoms with E-state index < -0.39 is 46.1 Å². The summed E-state index contributed by atoms with van der Waals surface area (Å²) in [6.45, 7) is -1.34. The molecule has 0 fully saturated rings. The van der Waals surface area contributed by atoms with Crippen LogP contribution in [0.2, 0.25) is 6.82 Å². The van der Waals surface area contributed by atoms with Crippen LogP contribution in [0.4, 0.5) is 23.4 Å². The first-order chi connectivity index (χ1) is 9.99. The molecule has 0 unspecified atom stereocenters. The molecule has 0 spiro atoms. The van der Waals surface area contributed by atoms with Crippen molar-refractivity contribution in [2.24, 2.45) is 0 Å². The Morgan fingerprint density at radius 1 is 1.55 bits per heavy atom. The second-order valence-corrected chi connectivity index (χ2v) is 6.23. The van der Waals surface area contributed by atoms with Gasteiger partial charge < -0.3 is 15.4 Å². The van der Waals surface area contributed by atoms with Crippen LogP contribution >= 0.6 is 22.4 Å². The van der Waals surface area contributed by atoms with Crippen LogP contribution in [0.5, 0.6) is 0 Å². The molecule has 1 aromatic rings. The lowest BCUT2D eigenvalue weighted by atomic mass is 9.70. The minimum atomic E-state index is -4.44. The maximum Gasteiger partial charge on any atom is 0.343 e. The van der Waals surface area contributed by atoms with E-state index in [1.165, 1.54) is 22.4 Å². The zero-order chi connectivity index (χ0) is 17.1. The molecule has 0 saturated carbocycles. The van der Waals surface area contributed by atoms with Crippen LogP contribution in [0.15, 0.2) is 12.5 Å². The third-order valence-corrected chi connectivity index (χ3v) is 3.47. The van der Waals surface area contributed by atoms with Gasteiger partial charge in [0, 0.05) is 0 Å². The molecule has 7 nitrogen and oxygen atoms in total. The van der Waals surface area contributed by atoms with Gasteiger partial charge in [0.2, 0.25) is 0 Å². The molecule has 122 valence electrons.